The summed E-state index contributed by atoms with van der Waals surface area (Å²) >= 11 is 5.92. The Kier molecular flexibility index (Phi) is 4.96. The third-order valence-electron chi connectivity index (χ3n) is 3.75. The summed E-state index contributed by atoms with van der Waals surface area (Å²) in [5.41, 5.74) is 2.98. The van der Waals surface area contributed by atoms with Crippen molar-refractivity contribution < 1.29 is 9.53 Å². The fraction of sp³-hybridized carbons (Fsp3) is 0.0476. The summed E-state index contributed by atoms with van der Waals surface area (Å²) in [5.74, 6) is -0.0889. The van der Waals surface area contributed by atoms with Crippen LogP contribution in [-0.2, 0) is 0 Å². The number of carbonyl (C=O) groups excluding carboxylic acids is 1. The summed E-state index contributed by atoms with van der Waals surface area (Å²) in [6.07, 6.45) is 0. The van der Waals surface area contributed by atoms with Gasteiger partial charge in [0.25, 0.3) is 0 Å². The number of benzene rings is 3. The molecule has 0 spiro atoms. The molecular weight excluding hydrogens is 334 g/mol. The topological polar surface area (TPSA) is 50.2 Å². The van der Waals surface area contributed by atoms with Crippen molar-refractivity contribution in [1.29, 1.82) is 5.41 Å². The molecule has 0 atom stereocenters. The second-order valence-corrected chi connectivity index (χ2v) is 6.07. The number of carbonyl (C=O) groups is 1. The minimum atomic E-state index is -0.449. The molecule has 3 rings (SSSR count). The van der Waals surface area contributed by atoms with Crippen molar-refractivity contribution in [1.82, 2.24) is 0 Å². The lowest BCUT2D eigenvalue weighted by Crippen LogP contribution is -2.12. The Hall–Kier alpha value is -2.91. The maximum Gasteiger partial charge on any atom is 0.343 e. The first-order valence-corrected chi connectivity index (χ1v) is 8.15. The molecule has 0 bridgehead atoms. The summed E-state index contributed by atoms with van der Waals surface area (Å²) < 4.78 is 5.55. The molecule has 1 N–H and O–H groups in total. The zero-order valence-electron chi connectivity index (χ0n) is 13.6. The van der Waals surface area contributed by atoms with E-state index in [0.29, 0.717) is 27.5 Å². The molecule has 0 saturated heterocycles. The highest BCUT2D eigenvalue weighted by Crippen LogP contribution is 2.25. The number of esters is 1. The van der Waals surface area contributed by atoms with Crippen LogP contribution in [0.4, 0.5) is 0 Å². The second kappa shape index (κ2) is 7.32. The maximum atomic E-state index is 12.3. The van der Waals surface area contributed by atoms with E-state index in [2.05, 4.69) is 0 Å². The first-order valence-electron chi connectivity index (χ1n) is 7.77. The van der Waals surface area contributed by atoms with Crippen LogP contribution in [0, 0.1) is 12.3 Å². The van der Waals surface area contributed by atoms with Crippen molar-refractivity contribution in [2.75, 3.05) is 0 Å². The number of ether oxygens (including phenoxy) is 1. The van der Waals surface area contributed by atoms with Crippen LogP contribution in [-0.4, -0.2) is 11.7 Å². The Bertz CT molecular complexity index is 918. The van der Waals surface area contributed by atoms with Gasteiger partial charge in [0, 0.05) is 16.1 Å². The molecule has 0 fully saturated rings. The molecule has 4 heteroatoms. The van der Waals surface area contributed by atoms with Crippen molar-refractivity contribution in [2.45, 2.75) is 6.92 Å². The molecule has 0 radical (unpaired) electrons. The number of hydrogen-bond donors (Lipinski definition) is 1. The van der Waals surface area contributed by atoms with Gasteiger partial charge in [-0.25, -0.2) is 4.79 Å². The van der Waals surface area contributed by atoms with Gasteiger partial charge in [-0.3, -0.25) is 5.41 Å². The quantitative estimate of drug-likeness (QED) is 0.395. The molecule has 0 saturated carbocycles. The van der Waals surface area contributed by atoms with E-state index < -0.39 is 5.97 Å². The Morgan fingerprint density at radius 1 is 0.920 bits per heavy atom. The van der Waals surface area contributed by atoms with Gasteiger partial charge in [-0.2, -0.15) is 0 Å². The van der Waals surface area contributed by atoms with E-state index in [-0.39, 0.29) is 5.71 Å². The van der Waals surface area contributed by atoms with Crippen LogP contribution in [0.1, 0.15) is 27.0 Å². The number of nitrogens with one attached hydrogen (secondary N) is 1. The number of halogens is 1. The van der Waals surface area contributed by atoms with Crippen LogP contribution in [0.25, 0.3) is 0 Å². The molecule has 0 heterocycles. The highest BCUT2D eigenvalue weighted by atomic mass is 35.5. The molecule has 0 amide bonds. The maximum absolute atomic E-state index is 12.3. The highest BCUT2D eigenvalue weighted by Gasteiger charge is 2.15. The van der Waals surface area contributed by atoms with E-state index in [9.17, 15) is 4.79 Å². The smallest absolute Gasteiger partial charge is 0.343 e. The lowest BCUT2D eigenvalue weighted by molar-refractivity contribution is 0.0734. The number of hydrogen-bond acceptors (Lipinski definition) is 3. The normalized spacial score (nSPS) is 10.3. The molecule has 3 nitrogen and oxygen atoms in total. The van der Waals surface area contributed by atoms with E-state index in [1.54, 1.807) is 54.6 Å². The Labute approximate surface area is 151 Å². The fourth-order valence-corrected chi connectivity index (χ4v) is 2.56. The molecule has 0 aliphatic carbocycles. The monoisotopic (exact) mass is 349 g/mol. The van der Waals surface area contributed by atoms with E-state index in [4.69, 9.17) is 21.7 Å². The number of aryl methyl sites for hydroxylation is 1. The standard InChI is InChI=1S/C21H16ClNO2/c1-14-7-12-19(25-21(24)16-5-3-2-4-6-16)18(13-14)20(23)15-8-10-17(22)11-9-15/h2-13,23H,1H3. The molecule has 25 heavy (non-hydrogen) atoms. The van der Waals surface area contributed by atoms with Gasteiger partial charge in [0.1, 0.15) is 5.75 Å². The summed E-state index contributed by atoms with van der Waals surface area (Å²) in [6, 6.07) is 21.2. The van der Waals surface area contributed by atoms with E-state index >= 15 is 0 Å². The average Bonchev–Trinajstić information content (AvgIpc) is 2.64. The van der Waals surface area contributed by atoms with Crippen molar-refractivity contribution in [3.8, 4) is 5.75 Å². The van der Waals surface area contributed by atoms with Crippen molar-refractivity contribution >= 4 is 23.3 Å². The lowest BCUT2D eigenvalue weighted by Gasteiger charge is -2.12. The van der Waals surface area contributed by atoms with Crippen LogP contribution in [0.5, 0.6) is 5.75 Å². The molecular formula is C21H16ClNO2. The molecule has 0 aromatic heterocycles. The van der Waals surface area contributed by atoms with Gasteiger partial charge in [-0.15, -0.1) is 0 Å². The molecule has 0 unspecified atom stereocenters. The third-order valence-corrected chi connectivity index (χ3v) is 4.00. The SMILES string of the molecule is Cc1ccc(OC(=O)c2ccccc2)c(C(=N)c2ccc(Cl)cc2)c1. The third kappa shape index (κ3) is 3.95. The highest BCUT2D eigenvalue weighted by molar-refractivity contribution is 6.30. The largest absolute Gasteiger partial charge is 0.422 e. The molecule has 0 aliphatic rings. The van der Waals surface area contributed by atoms with Crippen LogP contribution in [0.15, 0.2) is 72.8 Å². The molecule has 3 aromatic carbocycles. The Morgan fingerprint density at radius 3 is 2.28 bits per heavy atom. The van der Waals surface area contributed by atoms with Crippen molar-refractivity contribution in [3.63, 3.8) is 0 Å². The lowest BCUT2D eigenvalue weighted by atomic mass is 10.00. The minimum Gasteiger partial charge on any atom is -0.422 e. The first kappa shape index (κ1) is 16.9. The van der Waals surface area contributed by atoms with Crippen molar-refractivity contribution in [2.24, 2.45) is 0 Å². The van der Waals surface area contributed by atoms with Crippen LogP contribution >= 0.6 is 11.6 Å². The molecule has 3 aromatic rings. The van der Waals surface area contributed by atoms with Gasteiger partial charge in [0.05, 0.1) is 11.3 Å². The summed E-state index contributed by atoms with van der Waals surface area (Å²) in [4.78, 5) is 12.3. The second-order valence-electron chi connectivity index (χ2n) is 5.64. The number of rotatable bonds is 4. The summed E-state index contributed by atoms with van der Waals surface area (Å²) in [6.45, 7) is 1.93. The van der Waals surface area contributed by atoms with Crippen LogP contribution < -0.4 is 4.74 Å². The van der Waals surface area contributed by atoms with Gasteiger partial charge in [-0.1, -0.05) is 53.6 Å². The predicted octanol–water partition coefficient (Wildman–Crippen LogP) is 5.28. The summed E-state index contributed by atoms with van der Waals surface area (Å²) in [5, 5.41) is 9.10. The summed E-state index contributed by atoms with van der Waals surface area (Å²) in [7, 11) is 0. The van der Waals surface area contributed by atoms with Gasteiger partial charge < -0.3 is 4.74 Å². The zero-order valence-corrected chi connectivity index (χ0v) is 14.4. The van der Waals surface area contributed by atoms with Gasteiger partial charge in [0.15, 0.2) is 0 Å². The van der Waals surface area contributed by atoms with E-state index in [0.717, 1.165) is 5.56 Å². The molecule has 124 valence electrons. The average molecular weight is 350 g/mol. The first-order chi connectivity index (χ1) is 12.0. The van der Waals surface area contributed by atoms with Gasteiger partial charge >= 0.3 is 5.97 Å². The van der Waals surface area contributed by atoms with Gasteiger partial charge in [-0.05, 0) is 43.3 Å². The Morgan fingerprint density at radius 2 is 1.60 bits per heavy atom. The molecule has 0 aliphatic heterocycles. The zero-order chi connectivity index (χ0) is 17.8. The minimum absolute atomic E-state index is 0.274. The predicted molar refractivity (Wildman–Crippen MR) is 100.0 cm³/mol. The van der Waals surface area contributed by atoms with Crippen LogP contribution in [0.2, 0.25) is 5.02 Å². The van der Waals surface area contributed by atoms with Crippen LogP contribution in [0.3, 0.4) is 0 Å². The van der Waals surface area contributed by atoms with E-state index in [1.165, 1.54) is 0 Å². The van der Waals surface area contributed by atoms with Crippen molar-refractivity contribution in [3.05, 3.63) is 100 Å². The van der Waals surface area contributed by atoms with Gasteiger partial charge in [0.2, 0.25) is 0 Å². The fourth-order valence-electron chi connectivity index (χ4n) is 2.43. The Balaban J connectivity index is 1.94. The van der Waals surface area contributed by atoms with E-state index in [1.807, 2.05) is 25.1 Å².